The molecule has 2 aromatic carbocycles. The van der Waals surface area contributed by atoms with E-state index in [9.17, 15) is 4.79 Å². The molecule has 0 atom stereocenters. The van der Waals surface area contributed by atoms with Crippen molar-refractivity contribution in [3.63, 3.8) is 0 Å². The van der Waals surface area contributed by atoms with Gasteiger partial charge in [-0.2, -0.15) is 0 Å². The molecule has 0 aliphatic carbocycles. The number of terminal acetylenes is 1. The summed E-state index contributed by atoms with van der Waals surface area (Å²) in [6.07, 6.45) is 15.3. The molecule has 36 heavy (non-hydrogen) atoms. The Kier molecular flexibility index (Phi) is 8.30. The minimum absolute atomic E-state index is 0.347. The van der Waals surface area contributed by atoms with E-state index >= 15 is 0 Å². The summed E-state index contributed by atoms with van der Waals surface area (Å²) < 4.78 is 5.68. The van der Waals surface area contributed by atoms with Gasteiger partial charge in [-0.15, -0.1) is 6.42 Å². The number of Topliss-reactive ketones (excluding diaryl/α,β-unsaturated/α-hetero) is 1. The molecule has 0 aliphatic rings. The first-order valence-electron chi connectivity index (χ1n) is 12.3. The molecule has 0 saturated carbocycles. The molecule has 0 aliphatic heterocycles. The number of methoxy groups -OCH3 is 1. The zero-order valence-corrected chi connectivity index (χ0v) is 20.8. The first kappa shape index (κ1) is 24.9. The molecule has 0 unspecified atom stereocenters. The number of imidazole rings is 1. The highest BCUT2D eigenvalue weighted by atomic mass is 16.5. The lowest BCUT2D eigenvalue weighted by molar-refractivity contribution is -0.118. The van der Waals surface area contributed by atoms with Crippen LogP contribution in [0.3, 0.4) is 0 Å². The van der Waals surface area contributed by atoms with Crippen molar-refractivity contribution < 1.29 is 9.53 Å². The molecular formula is C29H31N5O2. The van der Waals surface area contributed by atoms with Gasteiger partial charge in [0.1, 0.15) is 29.5 Å². The van der Waals surface area contributed by atoms with E-state index in [0.717, 1.165) is 71.3 Å². The van der Waals surface area contributed by atoms with Gasteiger partial charge < -0.3 is 15.0 Å². The Hall–Kier alpha value is -4.18. The maximum absolute atomic E-state index is 11.4. The fourth-order valence-corrected chi connectivity index (χ4v) is 4.16. The average Bonchev–Trinajstić information content (AvgIpc) is 3.38. The molecular weight excluding hydrogens is 450 g/mol. The minimum Gasteiger partial charge on any atom is -0.496 e. The largest absolute Gasteiger partial charge is 0.496 e. The van der Waals surface area contributed by atoms with Gasteiger partial charge in [-0.1, -0.05) is 31.8 Å². The summed E-state index contributed by atoms with van der Waals surface area (Å²) in [5.74, 6) is 5.32. The number of aromatic nitrogens is 4. The highest BCUT2D eigenvalue weighted by Gasteiger charge is 2.14. The highest BCUT2D eigenvalue weighted by molar-refractivity contribution is 5.95. The van der Waals surface area contributed by atoms with Gasteiger partial charge >= 0.3 is 0 Å². The SMILES string of the molecule is C#Cc1cccc(Nc2ncnc3cc(OC)c(-c4cnc(CCCCCCC(=O)CC)[nH]4)cc23)c1. The fraction of sp³-hybridized carbons (Fsp3) is 0.310. The molecule has 184 valence electrons. The molecule has 2 N–H and O–H groups in total. The lowest BCUT2D eigenvalue weighted by Crippen LogP contribution is -1.98. The second-order valence-electron chi connectivity index (χ2n) is 8.69. The van der Waals surface area contributed by atoms with E-state index in [2.05, 4.69) is 31.2 Å². The molecule has 7 heteroatoms. The number of H-pyrrole nitrogens is 1. The van der Waals surface area contributed by atoms with Gasteiger partial charge in [-0.25, -0.2) is 15.0 Å². The van der Waals surface area contributed by atoms with Crippen LogP contribution >= 0.6 is 0 Å². The molecule has 0 amide bonds. The Bertz CT molecular complexity index is 1390. The number of carbonyl (C=O) groups is 1. The van der Waals surface area contributed by atoms with Crippen LogP contribution in [0.2, 0.25) is 0 Å². The maximum atomic E-state index is 11.4. The number of aromatic amines is 1. The molecule has 7 nitrogen and oxygen atoms in total. The van der Waals surface area contributed by atoms with Crippen LogP contribution in [0.15, 0.2) is 48.9 Å². The number of hydrogen-bond acceptors (Lipinski definition) is 6. The molecule has 0 saturated heterocycles. The van der Waals surface area contributed by atoms with Crippen molar-refractivity contribution in [2.75, 3.05) is 12.4 Å². The zero-order chi connectivity index (χ0) is 25.3. The number of carbonyl (C=O) groups excluding carboxylic acids is 1. The van der Waals surface area contributed by atoms with Gasteiger partial charge in [-0.3, -0.25) is 4.79 Å². The normalized spacial score (nSPS) is 10.8. The Morgan fingerprint density at radius 3 is 2.78 bits per heavy atom. The Labute approximate surface area is 211 Å². The summed E-state index contributed by atoms with van der Waals surface area (Å²) in [5, 5.41) is 4.22. The van der Waals surface area contributed by atoms with Crippen molar-refractivity contribution in [2.24, 2.45) is 0 Å². The van der Waals surface area contributed by atoms with Crippen LogP contribution in [0.5, 0.6) is 5.75 Å². The standard InChI is InChI=1S/C29H31N5O2/c1-4-20-11-10-12-21(15-20)33-29-24-16-23(27(36-3)17-25(24)31-19-32-29)26-18-30-28(34-26)14-9-7-6-8-13-22(35)5-2/h1,10-12,15-19H,5-9,13-14H2,2-3H3,(H,30,34)(H,31,32,33). The number of ether oxygens (including phenoxy) is 1. The molecule has 0 radical (unpaired) electrons. The Morgan fingerprint density at radius 1 is 1.11 bits per heavy atom. The topological polar surface area (TPSA) is 92.8 Å². The number of fused-ring (bicyclic) bond motifs is 1. The van der Waals surface area contributed by atoms with Crippen molar-refractivity contribution in [3.05, 3.63) is 60.3 Å². The van der Waals surface area contributed by atoms with Crippen molar-refractivity contribution in [1.29, 1.82) is 0 Å². The number of anilines is 2. The van der Waals surface area contributed by atoms with Crippen molar-refractivity contribution in [1.82, 2.24) is 19.9 Å². The number of ketones is 1. The number of unbranched alkanes of at least 4 members (excludes halogenated alkanes) is 3. The van der Waals surface area contributed by atoms with E-state index in [1.165, 1.54) is 6.33 Å². The zero-order valence-electron chi connectivity index (χ0n) is 20.8. The van der Waals surface area contributed by atoms with Gasteiger partial charge in [-0.05, 0) is 37.1 Å². The van der Waals surface area contributed by atoms with Gasteiger partial charge in [0, 0.05) is 47.5 Å². The van der Waals surface area contributed by atoms with Crippen LogP contribution in [0.25, 0.3) is 22.2 Å². The number of nitrogens with zero attached hydrogens (tertiary/aromatic N) is 3. The van der Waals surface area contributed by atoms with Crippen molar-refractivity contribution >= 4 is 28.2 Å². The average molecular weight is 482 g/mol. The van der Waals surface area contributed by atoms with Crippen LogP contribution in [0, 0.1) is 12.3 Å². The third-order valence-corrected chi connectivity index (χ3v) is 6.18. The van der Waals surface area contributed by atoms with E-state index in [1.54, 1.807) is 7.11 Å². The van der Waals surface area contributed by atoms with E-state index in [1.807, 2.05) is 49.5 Å². The number of rotatable bonds is 12. The fourth-order valence-electron chi connectivity index (χ4n) is 4.16. The smallest absolute Gasteiger partial charge is 0.141 e. The van der Waals surface area contributed by atoms with Crippen LogP contribution in [0.1, 0.15) is 56.8 Å². The molecule has 2 aromatic heterocycles. The molecule has 0 fully saturated rings. The summed E-state index contributed by atoms with van der Waals surface area (Å²) in [6.45, 7) is 1.92. The van der Waals surface area contributed by atoms with E-state index < -0.39 is 0 Å². The number of aryl methyl sites for hydroxylation is 1. The van der Waals surface area contributed by atoms with Crippen LogP contribution in [-0.4, -0.2) is 32.8 Å². The quantitative estimate of drug-likeness (QED) is 0.184. The van der Waals surface area contributed by atoms with E-state index in [0.29, 0.717) is 30.2 Å². The van der Waals surface area contributed by atoms with E-state index in [4.69, 9.17) is 11.2 Å². The van der Waals surface area contributed by atoms with Crippen LogP contribution in [-0.2, 0) is 11.2 Å². The van der Waals surface area contributed by atoms with Gasteiger partial charge in [0.2, 0.25) is 0 Å². The summed E-state index contributed by atoms with van der Waals surface area (Å²) in [7, 11) is 1.65. The lowest BCUT2D eigenvalue weighted by Gasteiger charge is -2.12. The minimum atomic E-state index is 0.347. The van der Waals surface area contributed by atoms with Gasteiger partial charge in [0.15, 0.2) is 0 Å². The molecule has 4 aromatic rings. The first-order valence-corrected chi connectivity index (χ1v) is 12.3. The van der Waals surface area contributed by atoms with Crippen LogP contribution in [0.4, 0.5) is 11.5 Å². The van der Waals surface area contributed by atoms with Gasteiger partial charge in [0.25, 0.3) is 0 Å². The summed E-state index contributed by atoms with van der Waals surface area (Å²) in [4.78, 5) is 28.4. The predicted molar refractivity (Wildman–Crippen MR) is 143 cm³/mol. The van der Waals surface area contributed by atoms with E-state index in [-0.39, 0.29) is 0 Å². The van der Waals surface area contributed by atoms with Gasteiger partial charge in [0.05, 0.1) is 24.5 Å². The summed E-state index contributed by atoms with van der Waals surface area (Å²) in [5.41, 5.74) is 4.17. The number of nitrogens with one attached hydrogen (secondary N) is 2. The van der Waals surface area contributed by atoms with Crippen molar-refractivity contribution in [2.45, 2.75) is 51.9 Å². The molecule has 0 spiro atoms. The second kappa shape index (κ2) is 12.0. The third-order valence-electron chi connectivity index (χ3n) is 6.18. The summed E-state index contributed by atoms with van der Waals surface area (Å²) in [6, 6.07) is 11.6. The van der Waals surface area contributed by atoms with Crippen molar-refractivity contribution in [3.8, 4) is 29.4 Å². The third kappa shape index (κ3) is 6.08. The number of hydrogen-bond donors (Lipinski definition) is 2. The maximum Gasteiger partial charge on any atom is 0.141 e. The predicted octanol–water partition coefficient (Wildman–Crippen LogP) is 6.23. The molecule has 0 bridgehead atoms. The first-order chi connectivity index (χ1) is 17.6. The number of benzene rings is 2. The lowest BCUT2D eigenvalue weighted by atomic mass is 10.1. The van der Waals surface area contributed by atoms with Crippen LogP contribution < -0.4 is 10.1 Å². The Morgan fingerprint density at radius 2 is 1.97 bits per heavy atom. The second-order valence-corrected chi connectivity index (χ2v) is 8.69. The highest BCUT2D eigenvalue weighted by Crippen LogP contribution is 2.35. The summed E-state index contributed by atoms with van der Waals surface area (Å²) >= 11 is 0. The monoisotopic (exact) mass is 481 g/mol. The molecule has 2 heterocycles. The Balaban J connectivity index is 1.52. The molecule has 4 rings (SSSR count).